The molecule has 1 aliphatic heterocycles. The van der Waals surface area contributed by atoms with Gasteiger partial charge >= 0.3 is 0 Å². The summed E-state index contributed by atoms with van der Waals surface area (Å²) in [6.07, 6.45) is 2.54. The van der Waals surface area contributed by atoms with E-state index in [2.05, 4.69) is 18.8 Å². The molecule has 25 heavy (non-hydrogen) atoms. The third-order valence-electron chi connectivity index (χ3n) is 4.71. The van der Waals surface area contributed by atoms with Gasteiger partial charge in [-0.15, -0.1) is 11.8 Å². The Kier molecular flexibility index (Phi) is 5.49. The summed E-state index contributed by atoms with van der Waals surface area (Å²) < 4.78 is 5.53. The summed E-state index contributed by atoms with van der Waals surface area (Å²) in [4.78, 5) is 18.9. The van der Waals surface area contributed by atoms with Gasteiger partial charge in [0.05, 0.1) is 11.4 Å². The van der Waals surface area contributed by atoms with Crippen LogP contribution in [0.4, 0.5) is 0 Å². The van der Waals surface area contributed by atoms with E-state index in [1.807, 2.05) is 35.2 Å². The number of benzene rings is 1. The monoisotopic (exact) mass is 359 g/mol. The van der Waals surface area contributed by atoms with Crippen LogP contribution in [0.1, 0.15) is 26.0 Å². The van der Waals surface area contributed by atoms with Crippen molar-refractivity contribution in [2.75, 3.05) is 18.8 Å². The van der Waals surface area contributed by atoms with E-state index >= 15 is 0 Å². The zero-order valence-electron chi connectivity index (χ0n) is 14.8. The van der Waals surface area contributed by atoms with E-state index in [0.717, 1.165) is 30.8 Å². The van der Waals surface area contributed by atoms with Crippen LogP contribution in [-0.4, -0.2) is 40.7 Å². The SMILES string of the molecule is CC1(C)CN(C(=O)CSCc2coc(-c3ccccc3)n2)CCC1N. The second-order valence-electron chi connectivity index (χ2n) is 7.20. The number of carbonyl (C=O) groups excluding carboxylic acids is 1. The average molecular weight is 359 g/mol. The molecular formula is C19H25N3O2S. The lowest BCUT2D eigenvalue weighted by atomic mass is 9.80. The number of hydrogen-bond acceptors (Lipinski definition) is 5. The average Bonchev–Trinajstić information content (AvgIpc) is 3.07. The Bertz CT molecular complexity index is 714. The summed E-state index contributed by atoms with van der Waals surface area (Å²) in [5.74, 6) is 1.92. The number of aromatic nitrogens is 1. The van der Waals surface area contributed by atoms with Crippen LogP contribution in [0.15, 0.2) is 41.0 Å². The maximum absolute atomic E-state index is 12.4. The van der Waals surface area contributed by atoms with Crippen molar-refractivity contribution in [3.05, 3.63) is 42.3 Å². The predicted molar refractivity (Wildman–Crippen MR) is 101 cm³/mol. The van der Waals surface area contributed by atoms with Crippen molar-refractivity contribution in [1.29, 1.82) is 0 Å². The maximum Gasteiger partial charge on any atom is 0.232 e. The molecule has 1 aromatic heterocycles. The first-order chi connectivity index (χ1) is 12.0. The Labute approximate surface area is 153 Å². The van der Waals surface area contributed by atoms with Crippen LogP contribution in [0.5, 0.6) is 0 Å². The van der Waals surface area contributed by atoms with Gasteiger partial charge in [-0.05, 0) is 24.0 Å². The summed E-state index contributed by atoms with van der Waals surface area (Å²) >= 11 is 1.57. The summed E-state index contributed by atoms with van der Waals surface area (Å²) in [5.41, 5.74) is 7.94. The number of hydrogen-bond donors (Lipinski definition) is 1. The van der Waals surface area contributed by atoms with Crippen LogP contribution >= 0.6 is 11.8 Å². The van der Waals surface area contributed by atoms with E-state index in [1.54, 1.807) is 18.0 Å². The molecule has 1 atom stereocenters. The van der Waals surface area contributed by atoms with Crippen LogP contribution < -0.4 is 5.73 Å². The molecule has 2 aromatic rings. The lowest BCUT2D eigenvalue weighted by Crippen LogP contribution is -2.54. The van der Waals surface area contributed by atoms with Gasteiger partial charge in [-0.1, -0.05) is 32.0 Å². The highest BCUT2D eigenvalue weighted by Crippen LogP contribution is 2.28. The molecule has 134 valence electrons. The van der Waals surface area contributed by atoms with Gasteiger partial charge in [0, 0.05) is 30.4 Å². The minimum Gasteiger partial charge on any atom is -0.444 e. The van der Waals surface area contributed by atoms with Gasteiger partial charge < -0.3 is 15.1 Å². The van der Waals surface area contributed by atoms with Crippen LogP contribution in [0, 0.1) is 5.41 Å². The van der Waals surface area contributed by atoms with E-state index in [4.69, 9.17) is 10.2 Å². The smallest absolute Gasteiger partial charge is 0.232 e. The van der Waals surface area contributed by atoms with Gasteiger partial charge in [0.2, 0.25) is 11.8 Å². The molecular weight excluding hydrogens is 334 g/mol. The topological polar surface area (TPSA) is 72.4 Å². The molecule has 0 bridgehead atoms. The van der Waals surface area contributed by atoms with Crippen molar-refractivity contribution in [3.8, 4) is 11.5 Å². The van der Waals surface area contributed by atoms with E-state index in [1.165, 1.54) is 0 Å². The van der Waals surface area contributed by atoms with Crippen molar-refractivity contribution in [2.45, 2.75) is 32.1 Å². The van der Waals surface area contributed by atoms with Crippen molar-refractivity contribution >= 4 is 17.7 Å². The molecule has 0 saturated carbocycles. The molecule has 0 radical (unpaired) electrons. The first-order valence-electron chi connectivity index (χ1n) is 8.56. The standard InChI is InChI=1S/C19H25N3O2S/c1-19(2)13-22(9-8-16(19)20)17(23)12-25-11-15-10-24-18(21-15)14-6-4-3-5-7-14/h3-7,10,16H,8-9,11-13,20H2,1-2H3. The van der Waals surface area contributed by atoms with Crippen LogP contribution in [-0.2, 0) is 10.5 Å². The first-order valence-corrected chi connectivity index (χ1v) is 9.72. The van der Waals surface area contributed by atoms with Gasteiger partial charge in [0.1, 0.15) is 6.26 Å². The van der Waals surface area contributed by atoms with E-state index < -0.39 is 0 Å². The van der Waals surface area contributed by atoms with Crippen LogP contribution in [0.25, 0.3) is 11.5 Å². The summed E-state index contributed by atoms with van der Waals surface area (Å²) in [6, 6.07) is 9.97. The van der Waals surface area contributed by atoms with Gasteiger partial charge in [0.15, 0.2) is 0 Å². The molecule has 2 heterocycles. The van der Waals surface area contributed by atoms with Gasteiger partial charge in [-0.25, -0.2) is 4.98 Å². The minimum atomic E-state index is -0.0186. The maximum atomic E-state index is 12.4. The Morgan fingerprint density at radius 1 is 1.40 bits per heavy atom. The molecule has 3 rings (SSSR count). The van der Waals surface area contributed by atoms with Crippen LogP contribution in [0.2, 0.25) is 0 Å². The number of amides is 1. The molecule has 0 aliphatic carbocycles. The van der Waals surface area contributed by atoms with E-state index in [9.17, 15) is 4.79 Å². The van der Waals surface area contributed by atoms with E-state index in [-0.39, 0.29) is 17.4 Å². The molecule has 6 heteroatoms. The largest absolute Gasteiger partial charge is 0.444 e. The molecule has 1 aromatic carbocycles. The molecule has 2 N–H and O–H groups in total. The summed E-state index contributed by atoms with van der Waals surface area (Å²) in [5, 5.41) is 0. The van der Waals surface area contributed by atoms with Crippen molar-refractivity contribution in [2.24, 2.45) is 11.1 Å². The number of nitrogens with two attached hydrogens (primary N) is 1. The lowest BCUT2D eigenvalue weighted by Gasteiger charge is -2.42. The Morgan fingerprint density at radius 3 is 2.88 bits per heavy atom. The Hall–Kier alpha value is -1.79. The zero-order chi connectivity index (χ0) is 17.9. The van der Waals surface area contributed by atoms with Crippen LogP contribution in [0.3, 0.4) is 0 Å². The normalized spacial score (nSPS) is 19.8. The first kappa shape index (κ1) is 18.0. The molecule has 1 aliphatic rings. The fourth-order valence-corrected chi connectivity index (χ4v) is 3.81. The fourth-order valence-electron chi connectivity index (χ4n) is 3.01. The lowest BCUT2D eigenvalue weighted by molar-refractivity contribution is -0.131. The summed E-state index contributed by atoms with van der Waals surface area (Å²) in [6.45, 7) is 5.75. The molecule has 1 saturated heterocycles. The fraction of sp³-hybridized carbons (Fsp3) is 0.474. The quantitative estimate of drug-likeness (QED) is 0.888. The second kappa shape index (κ2) is 7.62. The number of carbonyl (C=O) groups is 1. The predicted octanol–water partition coefficient (Wildman–Crippen LogP) is 3.16. The number of oxazole rings is 1. The van der Waals surface area contributed by atoms with Crippen molar-refractivity contribution in [3.63, 3.8) is 0 Å². The summed E-state index contributed by atoms with van der Waals surface area (Å²) in [7, 11) is 0. The third-order valence-corrected chi connectivity index (χ3v) is 5.66. The highest BCUT2D eigenvalue weighted by Gasteiger charge is 2.35. The molecule has 5 nitrogen and oxygen atoms in total. The number of piperidine rings is 1. The van der Waals surface area contributed by atoms with E-state index in [0.29, 0.717) is 17.4 Å². The Morgan fingerprint density at radius 2 is 2.16 bits per heavy atom. The number of likely N-dealkylation sites (tertiary alicyclic amines) is 1. The van der Waals surface area contributed by atoms with Gasteiger partial charge in [0.25, 0.3) is 0 Å². The van der Waals surface area contributed by atoms with Crippen molar-refractivity contribution in [1.82, 2.24) is 9.88 Å². The van der Waals surface area contributed by atoms with Crippen molar-refractivity contribution < 1.29 is 9.21 Å². The highest BCUT2D eigenvalue weighted by molar-refractivity contribution is 7.99. The van der Waals surface area contributed by atoms with Gasteiger partial charge in [-0.2, -0.15) is 0 Å². The highest BCUT2D eigenvalue weighted by atomic mass is 32.2. The number of rotatable bonds is 5. The Balaban J connectivity index is 1.48. The molecule has 0 spiro atoms. The zero-order valence-corrected chi connectivity index (χ0v) is 15.6. The van der Waals surface area contributed by atoms with Gasteiger partial charge in [-0.3, -0.25) is 4.79 Å². The number of thioether (sulfide) groups is 1. The molecule has 1 unspecified atom stereocenters. The molecule has 1 fully saturated rings. The number of nitrogens with zero attached hydrogens (tertiary/aromatic N) is 2. The molecule has 1 amide bonds. The third kappa shape index (κ3) is 4.44. The minimum absolute atomic E-state index is 0.0186. The second-order valence-corrected chi connectivity index (χ2v) is 8.19.